The second-order valence-electron chi connectivity index (χ2n) is 4.97. The lowest BCUT2D eigenvalue weighted by molar-refractivity contribution is -0.127. The van der Waals surface area contributed by atoms with E-state index in [9.17, 15) is 9.59 Å². The lowest BCUT2D eigenvalue weighted by Crippen LogP contribution is -2.56. The Morgan fingerprint density at radius 2 is 2.10 bits per heavy atom. The van der Waals surface area contributed by atoms with Gasteiger partial charge in [0.1, 0.15) is 6.04 Å². The van der Waals surface area contributed by atoms with Gasteiger partial charge in [0.15, 0.2) is 0 Å². The first-order chi connectivity index (χ1) is 10.2. The molecule has 6 nitrogen and oxygen atoms in total. The summed E-state index contributed by atoms with van der Waals surface area (Å²) in [6, 6.07) is 4.84. The maximum absolute atomic E-state index is 12.7. The number of hydrogen-bond donors (Lipinski definition) is 1. The van der Waals surface area contributed by atoms with E-state index in [-0.39, 0.29) is 11.8 Å². The SMILES string of the molecule is CCC1C(=O)NCCN1C(=O)c1ccc2nccnc2c1. The van der Waals surface area contributed by atoms with Crippen LogP contribution in [-0.4, -0.2) is 45.8 Å². The molecule has 108 valence electrons. The molecule has 0 bridgehead atoms. The van der Waals surface area contributed by atoms with E-state index in [2.05, 4.69) is 15.3 Å². The third kappa shape index (κ3) is 2.44. The molecular formula is C15H16N4O2. The van der Waals surface area contributed by atoms with E-state index in [0.717, 1.165) is 5.52 Å². The van der Waals surface area contributed by atoms with Crippen molar-refractivity contribution < 1.29 is 9.59 Å². The zero-order chi connectivity index (χ0) is 14.8. The number of carbonyl (C=O) groups excluding carboxylic acids is 2. The quantitative estimate of drug-likeness (QED) is 0.892. The number of piperazine rings is 1. The van der Waals surface area contributed by atoms with Gasteiger partial charge in [-0.15, -0.1) is 0 Å². The molecule has 1 aromatic carbocycles. The van der Waals surface area contributed by atoms with Gasteiger partial charge in [0.25, 0.3) is 5.91 Å². The molecule has 1 fully saturated rings. The maximum Gasteiger partial charge on any atom is 0.254 e. The van der Waals surface area contributed by atoms with Gasteiger partial charge >= 0.3 is 0 Å². The average Bonchev–Trinajstić information content (AvgIpc) is 2.53. The van der Waals surface area contributed by atoms with Crippen molar-refractivity contribution in [2.24, 2.45) is 0 Å². The van der Waals surface area contributed by atoms with Crippen LogP contribution in [0.25, 0.3) is 11.0 Å². The van der Waals surface area contributed by atoms with Gasteiger partial charge in [0, 0.05) is 31.0 Å². The van der Waals surface area contributed by atoms with Crippen LogP contribution in [0.2, 0.25) is 0 Å². The lowest BCUT2D eigenvalue weighted by atomic mass is 10.1. The summed E-state index contributed by atoms with van der Waals surface area (Å²) in [6.07, 6.45) is 3.82. The minimum atomic E-state index is -0.399. The van der Waals surface area contributed by atoms with Crippen molar-refractivity contribution >= 4 is 22.8 Å². The zero-order valence-electron chi connectivity index (χ0n) is 11.7. The Hall–Kier alpha value is -2.50. The lowest BCUT2D eigenvalue weighted by Gasteiger charge is -2.34. The number of nitrogens with zero attached hydrogens (tertiary/aromatic N) is 3. The van der Waals surface area contributed by atoms with E-state index in [1.807, 2.05) is 6.92 Å². The topological polar surface area (TPSA) is 75.2 Å². The fourth-order valence-electron chi connectivity index (χ4n) is 2.63. The molecule has 0 spiro atoms. The first kappa shape index (κ1) is 13.5. The maximum atomic E-state index is 12.7. The van der Waals surface area contributed by atoms with Gasteiger partial charge in [-0.05, 0) is 24.6 Å². The van der Waals surface area contributed by atoms with Gasteiger partial charge in [-0.2, -0.15) is 0 Å². The molecule has 1 unspecified atom stereocenters. The molecule has 1 aliphatic heterocycles. The normalized spacial score (nSPS) is 18.6. The van der Waals surface area contributed by atoms with Crippen molar-refractivity contribution in [2.45, 2.75) is 19.4 Å². The van der Waals surface area contributed by atoms with E-state index in [1.54, 1.807) is 35.5 Å². The van der Waals surface area contributed by atoms with Crippen LogP contribution in [0.4, 0.5) is 0 Å². The fraction of sp³-hybridized carbons (Fsp3) is 0.333. The van der Waals surface area contributed by atoms with Crippen LogP contribution in [0.1, 0.15) is 23.7 Å². The average molecular weight is 284 g/mol. The summed E-state index contributed by atoms with van der Waals surface area (Å²) in [7, 11) is 0. The Balaban J connectivity index is 1.93. The van der Waals surface area contributed by atoms with Gasteiger partial charge in [0.2, 0.25) is 5.91 Å². The standard InChI is InChI=1S/C15H16N4O2/c1-2-13-14(20)18-7-8-19(13)15(21)10-3-4-11-12(9-10)17-6-5-16-11/h3-6,9,13H,2,7-8H2,1H3,(H,18,20). The first-order valence-electron chi connectivity index (χ1n) is 7.00. The molecule has 2 aromatic rings. The van der Waals surface area contributed by atoms with Gasteiger partial charge in [-0.25, -0.2) is 0 Å². The second kappa shape index (κ2) is 5.47. The predicted octanol–water partition coefficient (Wildman–Crippen LogP) is 0.980. The van der Waals surface area contributed by atoms with Crippen molar-refractivity contribution in [1.82, 2.24) is 20.2 Å². The van der Waals surface area contributed by atoms with E-state index < -0.39 is 6.04 Å². The Bertz CT molecular complexity index is 701. The molecule has 1 atom stereocenters. The van der Waals surface area contributed by atoms with Crippen LogP contribution in [0.3, 0.4) is 0 Å². The van der Waals surface area contributed by atoms with E-state index in [4.69, 9.17) is 0 Å². The molecule has 0 aliphatic carbocycles. The first-order valence-corrected chi connectivity index (χ1v) is 7.00. The molecule has 0 saturated carbocycles. The number of amides is 2. The summed E-state index contributed by atoms with van der Waals surface area (Å²) in [5, 5.41) is 2.79. The van der Waals surface area contributed by atoms with Crippen molar-refractivity contribution in [3.05, 3.63) is 36.2 Å². The van der Waals surface area contributed by atoms with Crippen LogP contribution in [-0.2, 0) is 4.79 Å². The fourth-order valence-corrected chi connectivity index (χ4v) is 2.63. The molecule has 1 saturated heterocycles. The number of nitrogens with one attached hydrogen (secondary N) is 1. The molecule has 1 aromatic heterocycles. The highest BCUT2D eigenvalue weighted by Crippen LogP contribution is 2.16. The summed E-state index contributed by atoms with van der Waals surface area (Å²) in [6.45, 7) is 2.93. The zero-order valence-corrected chi connectivity index (χ0v) is 11.7. The minimum Gasteiger partial charge on any atom is -0.353 e. The molecule has 6 heteroatoms. The Kier molecular flexibility index (Phi) is 3.51. The Labute approximate surface area is 122 Å². The highest BCUT2D eigenvalue weighted by atomic mass is 16.2. The van der Waals surface area contributed by atoms with Crippen molar-refractivity contribution in [2.75, 3.05) is 13.1 Å². The van der Waals surface area contributed by atoms with Crippen LogP contribution < -0.4 is 5.32 Å². The number of aromatic nitrogens is 2. The van der Waals surface area contributed by atoms with Crippen LogP contribution >= 0.6 is 0 Å². The largest absolute Gasteiger partial charge is 0.353 e. The Morgan fingerprint density at radius 1 is 1.33 bits per heavy atom. The summed E-state index contributed by atoms with van der Waals surface area (Å²) in [5.74, 6) is -0.220. The van der Waals surface area contributed by atoms with E-state index in [0.29, 0.717) is 30.6 Å². The van der Waals surface area contributed by atoms with E-state index >= 15 is 0 Å². The smallest absolute Gasteiger partial charge is 0.254 e. The third-order valence-corrected chi connectivity index (χ3v) is 3.69. The third-order valence-electron chi connectivity index (χ3n) is 3.69. The van der Waals surface area contributed by atoms with Crippen LogP contribution in [0.5, 0.6) is 0 Å². The molecule has 2 heterocycles. The number of carbonyl (C=O) groups is 2. The predicted molar refractivity (Wildman–Crippen MR) is 77.7 cm³/mol. The molecular weight excluding hydrogens is 268 g/mol. The summed E-state index contributed by atoms with van der Waals surface area (Å²) >= 11 is 0. The monoisotopic (exact) mass is 284 g/mol. The molecule has 1 N–H and O–H groups in total. The second-order valence-corrected chi connectivity index (χ2v) is 4.97. The molecule has 1 aliphatic rings. The minimum absolute atomic E-state index is 0.0855. The van der Waals surface area contributed by atoms with Gasteiger partial charge in [0.05, 0.1) is 11.0 Å². The van der Waals surface area contributed by atoms with Crippen molar-refractivity contribution in [1.29, 1.82) is 0 Å². The van der Waals surface area contributed by atoms with Gasteiger partial charge in [-0.1, -0.05) is 6.92 Å². The van der Waals surface area contributed by atoms with Crippen molar-refractivity contribution in [3.63, 3.8) is 0 Å². The number of benzene rings is 1. The number of fused-ring (bicyclic) bond motifs is 1. The Morgan fingerprint density at radius 3 is 2.86 bits per heavy atom. The summed E-state index contributed by atoms with van der Waals surface area (Å²) < 4.78 is 0. The molecule has 2 amide bonds. The molecule has 3 rings (SSSR count). The molecule has 0 radical (unpaired) electrons. The van der Waals surface area contributed by atoms with E-state index in [1.165, 1.54) is 0 Å². The summed E-state index contributed by atoms with van der Waals surface area (Å²) in [4.78, 5) is 34.5. The van der Waals surface area contributed by atoms with Gasteiger partial charge < -0.3 is 10.2 Å². The number of hydrogen-bond acceptors (Lipinski definition) is 4. The number of rotatable bonds is 2. The van der Waals surface area contributed by atoms with Crippen molar-refractivity contribution in [3.8, 4) is 0 Å². The molecule has 21 heavy (non-hydrogen) atoms. The van der Waals surface area contributed by atoms with Gasteiger partial charge in [-0.3, -0.25) is 19.6 Å². The summed E-state index contributed by atoms with van der Waals surface area (Å²) in [5.41, 5.74) is 1.96. The highest BCUT2D eigenvalue weighted by Gasteiger charge is 2.32. The van der Waals surface area contributed by atoms with Crippen LogP contribution in [0.15, 0.2) is 30.6 Å². The van der Waals surface area contributed by atoms with Crippen LogP contribution in [0, 0.1) is 0 Å². The highest BCUT2D eigenvalue weighted by molar-refractivity contribution is 6.00.